The van der Waals surface area contributed by atoms with E-state index in [1.165, 1.54) is 6.07 Å². The number of ketones is 1. The van der Waals surface area contributed by atoms with Crippen molar-refractivity contribution in [1.29, 1.82) is 0 Å². The molecule has 1 radical (unpaired) electrons. The van der Waals surface area contributed by atoms with Crippen LogP contribution in [0.2, 0.25) is 0 Å². The molecule has 0 aliphatic heterocycles. The molecule has 0 unspecified atom stereocenters. The maximum atomic E-state index is 13.8. The van der Waals surface area contributed by atoms with Gasteiger partial charge < -0.3 is 0 Å². The summed E-state index contributed by atoms with van der Waals surface area (Å²) in [6.45, 7) is 5.35. The number of anilines is 1. The molecule has 0 saturated heterocycles. The zero-order chi connectivity index (χ0) is 27.8. The number of allylic oxidation sites excluding steroid dienone is 1. The Hall–Kier alpha value is -3.60. The van der Waals surface area contributed by atoms with Crippen LogP contribution >= 0.6 is 0 Å². The Morgan fingerprint density at radius 2 is 1.81 bits per heavy atom. The molecule has 1 fully saturated rings. The number of rotatable bonds is 3. The Bertz CT molecular complexity index is 1340. The average Bonchev–Trinajstić information content (AvgIpc) is 2.74. The van der Waals surface area contributed by atoms with Gasteiger partial charge in [0.2, 0.25) is 0 Å². The minimum atomic E-state index is -2.38. The van der Waals surface area contributed by atoms with Gasteiger partial charge in [-0.3, -0.25) is 0 Å². The zero-order valence-corrected chi connectivity index (χ0v) is 21.5. The van der Waals surface area contributed by atoms with Crippen molar-refractivity contribution in [1.82, 2.24) is 5.32 Å². The fourth-order valence-corrected chi connectivity index (χ4v) is 5.74. The van der Waals surface area contributed by atoms with Crippen LogP contribution in [-0.4, -0.2) is 76.2 Å². The predicted octanol–water partition coefficient (Wildman–Crippen LogP) is 0.790. The number of hydrogen-bond donors (Lipinski definition) is 6. The van der Waals surface area contributed by atoms with E-state index < -0.39 is 68.9 Å². The first-order valence-electron chi connectivity index (χ1n) is 11.9. The van der Waals surface area contributed by atoms with Gasteiger partial charge >= 0.3 is 215 Å². The molecule has 3 atom stereocenters. The molecule has 195 valence electrons. The Kier molecular flexibility index (Phi) is 6.06. The van der Waals surface area contributed by atoms with Gasteiger partial charge in [-0.1, -0.05) is 0 Å². The quantitative estimate of drug-likeness (QED) is 0.325. The summed E-state index contributed by atoms with van der Waals surface area (Å²) >= 11 is 0. The number of phenolic OH excluding ortho intramolecular Hbond substituents is 1. The van der Waals surface area contributed by atoms with Crippen LogP contribution in [0, 0.1) is 11.8 Å². The first-order chi connectivity index (χ1) is 17.0. The number of aromatic hydroxyl groups is 1. The van der Waals surface area contributed by atoms with E-state index in [-0.39, 0.29) is 36.0 Å². The number of benzene rings is 1. The van der Waals surface area contributed by atoms with Crippen LogP contribution in [0.1, 0.15) is 55.1 Å². The molecular weight excluding hydrogens is 477 g/mol. The first kappa shape index (κ1) is 26.5. The number of fused-ring (bicyclic) bond motifs is 3. The fraction of sp³-hybridized carbons (Fsp3) is 0.462. The van der Waals surface area contributed by atoms with Crippen molar-refractivity contribution in [3.8, 4) is 5.75 Å². The van der Waals surface area contributed by atoms with Gasteiger partial charge in [0.25, 0.3) is 0 Å². The van der Waals surface area contributed by atoms with Gasteiger partial charge in [-0.15, -0.1) is 0 Å². The Morgan fingerprint density at radius 1 is 1.19 bits per heavy atom. The van der Waals surface area contributed by atoms with Gasteiger partial charge in [0.15, 0.2) is 0 Å². The van der Waals surface area contributed by atoms with Gasteiger partial charge in [0, 0.05) is 0 Å². The van der Waals surface area contributed by atoms with E-state index in [4.69, 9.17) is 13.2 Å². The van der Waals surface area contributed by atoms with Crippen LogP contribution < -0.4 is 16.0 Å². The van der Waals surface area contributed by atoms with Gasteiger partial charge in [-0.05, 0) is 0 Å². The van der Waals surface area contributed by atoms with E-state index in [9.17, 15) is 34.8 Å². The normalized spacial score (nSPS) is 25.3. The molecule has 2 amide bonds. The molecule has 3 aliphatic rings. The summed E-state index contributed by atoms with van der Waals surface area (Å²) in [5.74, 6) is -5.50. The molecule has 11 heteroatoms. The Balaban J connectivity index is 1.93. The average molecular weight is 508 g/mol. The van der Waals surface area contributed by atoms with Crippen LogP contribution in [0.3, 0.4) is 0 Å². The van der Waals surface area contributed by atoms with E-state index in [2.05, 4.69) is 5.32 Å². The molecule has 0 bridgehead atoms. The summed E-state index contributed by atoms with van der Waals surface area (Å²) < 4.78 is 0. The molecule has 3 aliphatic carbocycles. The number of nitrogens with one attached hydrogen (secondary N) is 1. The summed E-state index contributed by atoms with van der Waals surface area (Å²) in [6.07, 6.45) is 0.163. The van der Waals surface area contributed by atoms with Crippen molar-refractivity contribution in [2.24, 2.45) is 17.6 Å². The monoisotopic (exact) mass is 508 g/mol. The number of phenols is 1. The molecule has 1 saturated carbocycles. The summed E-state index contributed by atoms with van der Waals surface area (Å²) in [5, 5.41) is 47.3. The number of aliphatic hydroxyl groups excluding tert-OH is 2. The Labute approximate surface area is 215 Å². The number of carbonyl (C=O) groups is 3. The summed E-state index contributed by atoms with van der Waals surface area (Å²) in [6, 6.07) is 1.54. The fourth-order valence-electron chi connectivity index (χ4n) is 5.74. The molecular formula is C26H31BN3O7. The molecule has 4 rings (SSSR count). The number of hydrogen-bond acceptors (Lipinski definition) is 8. The molecule has 10 nitrogen and oxygen atoms in total. The summed E-state index contributed by atoms with van der Waals surface area (Å²) in [7, 11) is 9.55. The maximum absolute atomic E-state index is 13.8. The molecule has 1 aromatic carbocycles. The molecule has 7 N–H and O–H groups in total. The predicted molar refractivity (Wildman–Crippen MR) is 139 cm³/mol. The topological polar surface area (TPSA) is 173 Å². The zero-order valence-electron chi connectivity index (χ0n) is 21.5. The summed E-state index contributed by atoms with van der Waals surface area (Å²) in [5.41, 5.74) is 2.05. The number of nitrogens with zero attached hydrogens (tertiary/aromatic N) is 1. The van der Waals surface area contributed by atoms with E-state index in [0.29, 0.717) is 11.3 Å². The van der Waals surface area contributed by atoms with E-state index in [0.717, 1.165) is 0 Å². The van der Waals surface area contributed by atoms with E-state index in [1.54, 1.807) is 39.8 Å². The third-order valence-electron chi connectivity index (χ3n) is 7.35. The molecule has 37 heavy (non-hydrogen) atoms. The second-order valence-electron chi connectivity index (χ2n) is 11.2. The van der Waals surface area contributed by atoms with Crippen LogP contribution in [0.25, 0.3) is 5.76 Å². The Morgan fingerprint density at radius 3 is 2.35 bits per heavy atom. The van der Waals surface area contributed by atoms with Crippen molar-refractivity contribution >= 4 is 42.0 Å². The van der Waals surface area contributed by atoms with E-state index in [1.807, 2.05) is 0 Å². The number of amides is 2. The summed E-state index contributed by atoms with van der Waals surface area (Å²) in [4.78, 5) is 40.4. The number of Topliss-reactive ketones (excluding diaryl/α,β-unsaturated/α-hetero) is 1. The van der Waals surface area contributed by atoms with Gasteiger partial charge in [0.1, 0.15) is 0 Å². The number of primary amides is 1. The van der Waals surface area contributed by atoms with Gasteiger partial charge in [-0.2, -0.15) is 0 Å². The van der Waals surface area contributed by atoms with Crippen molar-refractivity contribution < 1.29 is 34.8 Å². The number of aliphatic hydroxyl groups is 3. The minimum absolute atomic E-state index is 0.0743. The SMILES string of the molecule is [B]=C1C(C(N)=O)=C(O)C[C@@H]2C[C@@H]3Cc4c(N(C)C)cc(C(=O)NC(C)(C)C)c(O)c4C(O)=C3C(=O)[C@]12O. The van der Waals surface area contributed by atoms with Crippen LogP contribution in [0.4, 0.5) is 5.69 Å². The second kappa shape index (κ2) is 8.48. The van der Waals surface area contributed by atoms with Crippen LogP contribution in [0.5, 0.6) is 5.75 Å². The number of nitrogens with two attached hydrogens (primary N) is 1. The van der Waals surface area contributed by atoms with Crippen LogP contribution in [-0.2, 0) is 16.0 Å². The third kappa shape index (κ3) is 3.92. The van der Waals surface area contributed by atoms with Gasteiger partial charge in [0.05, 0.1) is 0 Å². The number of carbonyl (C=O) groups excluding carboxylic acids is 3. The van der Waals surface area contributed by atoms with Crippen molar-refractivity contribution in [2.75, 3.05) is 19.0 Å². The van der Waals surface area contributed by atoms with E-state index >= 15 is 0 Å². The van der Waals surface area contributed by atoms with Crippen molar-refractivity contribution in [2.45, 2.75) is 51.2 Å². The van der Waals surface area contributed by atoms with Crippen LogP contribution in [0.15, 0.2) is 23.0 Å². The van der Waals surface area contributed by atoms with Crippen molar-refractivity contribution in [3.05, 3.63) is 39.7 Å². The molecule has 0 heterocycles. The molecule has 0 aromatic heterocycles. The molecule has 0 spiro atoms. The van der Waals surface area contributed by atoms with Gasteiger partial charge in [-0.25, -0.2) is 0 Å². The third-order valence-corrected chi connectivity index (χ3v) is 7.35. The van der Waals surface area contributed by atoms with Crippen molar-refractivity contribution in [3.63, 3.8) is 0 Å². The second-order valence-corrected chi connectivity index (χ2v) is 11.2. The standard InChI is InChI=1S/C26H31BN3O7/c1-25(2,3)29-24(36)13-9-14(30(4)5)12-7-10-6-11-8-15(31)18(23(28)35)21(27)26(11,37)22(34)16(10)20(33)17(12)19(13)32/h9-11,31-33,37H,6-8H2,1-5H3,(H2,28,35)(H,29,36)/t10-,11+,26-/m1/s1. The first-order valence-corrected chi connectivity index (χ1v) is 11.9. The molecule has 1 aromatic rings.